The van der Waals surface area contributed by atoms with Crippen LogP contribution in [0.3, 0.4) is 0 Å². The molecule has 0 bridgehead atoms. The van der Waals surface area contributed by atoms with E-state index < -0.39 is 11.9 Å². The molecule has 1 unspecified atom stereocenters. The van der Waals surface area contributed by atoms with Gasteiger partial charge in [-0.1, -0.05) is 12.1 Å². The molecule has 1 aromatic heterocycles. The van der Waals surface area contributed by atoms with E-state index in [4.69, 9.17) is 4.74 Å². The van der Waals surface area contributed by atoms with Gasteiger partial charge in [0.2, 0.25) is 0 Å². The molecule has 0 radical (unpaired) electrons. The molecule has 2 N–H and O–H groups in total. The standard InChI is InChI=1S/C16H20FNO2S/c1-11-7-14(21-12(11)2)9-18-8-13(19)10-20-16-6-4-3-5-15(16)17/h3-7,13,18-19H,8-10H2,1-2H3. The second kappa shape index (κ2) is 7.54. The van der Waals surface area contributed by atoms with Crippen molar-refractivity contribution in [3.63, 3.8) is 0 Å². The second-order valence-electron chi connectivity index (χ2n) is 4.98. The number of hydrogen-bond donors (Lipinski definition) is 2. The molecule has 0 aliphatic carbocycles. The fraction of sp³-hybridized carbons (Fsp3) is 0.375. The van der Waals surface area contributed by atoms with E-state index in [0.29, 0.717) is 6.54 Å². The van der Waals surface area contributed by atoms with Crippen molar-refractivity contribution in [1.29, 1.82) is 0 Å². The predicted molar refractivity (Wildman–Crippen MR) is 83.4 cm³/mol. The van der Waals surface area contributed by atoms with Gasteiger partial charge in [0.05, 0.1) is 0 Å². The summed E-state index contributed by atoms with van der Waals surface area (Å²) < 4.78 is 18.6. The number of ether oxygens (including phenoxy) is 1. The van der Waals surface area contributed by atoms with E-state index >= 15 is 0 Å². The van der Waals surface area contributed by atoms with Crippen molar-refractivity contribution in [2.24, 2.45) is 0 Å². The highest BCUT2D eigenvalue weighted by Gasteiger charge is 2.08. The van der Waals surface area contributed by atoms with Crippen molar-refractivity contribution < 1.29 is 14.2 Å². The molecule has 0 amide bonds. The van der Waals surface area contributed by atoms with Crippen molar-refractivity contribution in [2.45, 2.75) is 26.5 Å². The Bertz CT molecular complexity index is 566. The minimum atomic E-state index is -0.674. The van der Waals surface area contributed by atoms with Gasteiger partial charge in [0.15, 0.2) is 11.6 Å². The van der Waals surface area contributed by atoms with Crippen LogP contribution in [0.2, 0.25) is 0 Å². The van der Waals surface area contributed by atoms with E-state index in [-0.39, 0.29) is 12.4 Å². The number of thiophene rings is 1. The molecule has 0 spiro atoms. The lowest BCUT2D eigenvalue weighted by atomic mass is 10.3. The minimum absolute atomic E-state index is 0.0659. The number of aryl methyl sites for hydroxylation is 2. The number of benzene rings is 1. The van der Waals surface area contributed by atoms with Gasteiger partial charge in [0.25, 0.3) is 0 Å². The molecule has 0 aliphatic rings. The summed E-state index contributed by atoms with van der Waals surface area (Å²) >= 11 is 1.75. The van der Waals surface area contributed by atoms with Crippen LogP contribution in [0.5, 0.6) is 5.75 Å². The first kappa shape index (κ1) is 15.9. The molecular formula is C16H20FNO2S. The van der Waals surface area contributed by atoms with E-state index in [1.165, 1.54) is 21.4 Å². The van der Waals surface area contributed by atoms with Crippen LogP contribution in [0.4, 0.5) is 4.39 Å². The van der Waals surface area contributed by atoms with Gasteiger partial charge in [-0.05, 0) is 37.6 Å². The quantitative estimate of drug-likeness (QED) is 0.826. The van der Waals surface area contributed by atoms with Crippen LogP contribution in [0.25, 0.3) is 0 Å². The van der Waals surface area contributed by atoms with Gasteiger partial charge in [0, 0.05) is 22.8 Å². The van der Waals surface area contributed by atoms with E-state index in [2.05, 4.69) is 25.2 Å². The zero-order chi connectivity index (χ0) is 15.2. The highest BCUT2D eigenvalue weighted by Crippen LogP contribution is 2.20. The first-order valence-corrected chi connectivity index (χ1v) is 7.70. The molecular weight excluding hydrogens is 289 g/mol. The van der Waals surface area contributed by atoms with Crippen LogP contribution in [0.1, 0.15) is 15.3 Å². The monoisotopic (exact) mass is 309 g/mol. The Balaban J connectivity index is 1.70. The Hall–Kier alpha value is -1.43. The fourth-order valence-corrected chi connectivity index (χ4v) is 2.93. The van der Waals surface area contributed by atoms with Crippen LogP contribution >= 0.6 is 11.3 Å². The molecule has 0 fully saturated rings. The molecule has 0 aliphatic heterocycles. The maximum atomic E-state index is 13.3. The lowest BCUT2D eigenvalue weighted by Gasteiger charge is -2.13. The summed E-state index contributed by atoms with van der Waals surface area (Å²) in [7, 11) is 0. The lowest BCUT2D eigenvalue weighted by molar-refractivity contribution is 0.104. The molecule has 1 atom stereocenters. The van der Waals surface area contributed by atoms with Gasteiger partial charge in [0.1, 0.15) is 12.7 Å². The van der Waals surface area contributed by atoms with Crippen LogP contribution < -0.4 is 10.1 Å². The third-order valence-electron chi connectivity index (χ3n) is 3.16. The zero-order valence-electron chi connectivity index (χ0n) is 12.2. The van der Waals surface area contributed by atoms with Crippen LogP contribution in [0.15, 0.2) is 30.3 Å². The molecule has 1 heterocycles. The van der Waals surface area contributed by atoms with Gasteiger partial charge in [-0.3, -0.25) is 0 Å². The first-order valence-electron chi connectivity index (χ1n) is 6.88. The number of rotatable bonds is 7. The Morgan fingerprint density at radius 3 is 2.76 bits per heavy atom. The van der Waals surface area contributed by atoms with Gasteiger partial charge in [-0.15, -0.1) is 11.3 Å². The zero-order valence-corrected chi connectivity index (χ0v) is 13.0. The van der Waals surface area contributed by atoms with Crippen LogP contribution in [-0.2, 0) is 6.54 Å². The van der Waals surface area contributed by atoms with Crippen molar-refractivity contribution >= 4 is 11.3 Å². The SMILES string of the molecule is Cc1cc(CNCC(O)COc2ccccc2F)sc1C. The molecule has 0 saturated carbocycles. The van der Waals surface area contributed by atoms with Crippen molar-refractivity contribution in [3.05, 3.63) is 51.5 Å². The fourth-order valence-electron chi connectivity index (χ4n) is 1.91. The van der Waals surface area contributed by atoms with Crippen LogP contribution in [-0.4, -0.2) is 24.4 Å². The Morgan fingerprint density at radius 2 is 2.10 bits per heavy atom. The average Bonchev–Trinajstić information content (AvgIpc) is 2.77. The summed E-state index contributed by atoms with van der Waals surface area (Å²) in [5, 5.41) is 13.0. The van der Waals surface area contributed by atoms with E-state index in [9.17, 15) is 9.50 Å². The first-order chi connectivity index (χ1) is 10.1. The largest absolute Gasteiger partial charge is 0.488 e. The number of aliphatic hydroxyl groups is 1. The summed E-state index contributed by atoms with van der Waals surface area (Å²) in [5.74, 6) is -0.247. The number of halogens is 1. The minimum Gasteiger partial charge on any atom is -0.488 e. The molecule has 0 saturated heterocycles. The Kier molecular flexibility index (Phi) is 5.73. The van der Waals surface area contributed by atoms with E-state index in [0.717, 1.165) is 6.54 Å². The molecule has 114 valence electrons. The summed E-state index contributed by atoms with van der Waals surface area (Å²) in [6, 6.07) is 8.33. The summed E-state index contributed by atoms with van der Waals surface area (Å²) in [4.78, 5) is 2.56. The van der Waals surface area contributed by atoms with E-state index in [1.54, 1.807) is 29.5 Å². The average molecular weight is 309 g/mol. The summed E-state index contributed by atoms with van der Waals surface area (Å²) in [5.41, 5.74) is 1.29. The Morgan fingerprint density at radius 1 is 1.33 bits per heavy atom. The molecule has 2 aromatic rings. The smallest absolute Gasteiger partial charge is 0.165 e. The molecule has 2 rings (SSSR count). The highest BCUT2D eigenvalue weighted by atomic mass is 32.1. The Labute approximate surface area is 128 Å². The van der Waals surface area contributed by atoms with Gasteiger partial charge < -0.3 is 15.2 Å². The van der Waals surface area contributed by atoms with Crippen LogP contribution in [0, 0.1) is 19.7 Å². The summed E-state index contributed by atoms with van der Waals surface area (Å²) in [6.45, 7) is 5.38. The maximum Gasteiger partial charge on any atom is 0.165 e. The lowest BCUT2D eigenvalue weighted by Crippen LogP contribution is -2.31. The number of para-hydroxylation sites is 1. The van der Waals surface area contributed by atoms with Gasteiger partial charge >= 0.3 is 0 Å². The van der Waals surface area contributed by atoms with Crippen molar-refractivity contribution in [1.82, 2.24) is 5.32 Å². The van der Waals surface area contributed by atoms with E-state index in [1.807, 2.05) is 0 Å². The molecule has 1 aromatic carbocycles. The number of nitrogens with one attached hydrogen (secondary N) is 1. The van der Waals surface area contributed by atoms with Crippen molar-refractivity contribution in [2.75, 3.05) is 13.2 Å². The topological polar surface area (TPSA) is 41.5 Å². The van der Waals surface area contributed by atoms with Crippen molar-refractivity contribution in [3.8, 4) is 5.75 Å². The summed E-state index contributed by atoms with van der Waals surface area (Å²) in [6.07, 6.45) is -0.674. The third-order valence-corrected chi connectivity index (χ3v) is 4.32. The number of hydrogen-bond acceptors (Lipinski definition) is 4. The predicted octanol–water partition coefficient (Wildman–Crippen LogP) is 3.03. The third kappa shape index (κ3) is 4.81. The van der Waals surface area contributed by atoms with Gasteiger partial charge in [-0.2, -0.15) is 0 Å². The highest BCUT2D eigenvalue weighted by molar-refractivity contribution is 7.12. The second-order valence-corrected chi connectivity index (χ2v) is 6.32. The van der Waals surface area contributed by atoms with Gasteiger partial charge in [-0.25, -0.2) is 4.39 Å². The normalized spacial score (nSPS) is 12.4. The molecule has 3 nitrogen and oxygen atoms in total. The molecule has 5 heteroatoms. The maximum absolute atomic E-state index is 13.3. The molecule has 21 heavy (non-hydrogen) atoms. The number of aliphatic hydroxyl groups excluding tert-OH is 1.